The molecule has 1 N–H and O–H groups in total. The molecule has 0 aromatic carbocycles. The molecule has 0 fully saturated rings. The van der Waals surface area contributed by atoms with Crippen LogP contribution >= 0.6 is 11.5 Å². The summed E-state index contributed by atoms with van der Waals surface area (Å²) in [5, 5.41) is 4.28. The zero-order valence-corrected chi connectivity index (χ0v) is 6.66. The highest BCUT2D eigenvalue weighted by molar-refractivity contribution is 7.03. The van der Waals surface area contributed by atoms with Crippen LogP contribution in [0.25, 0.3) is 0 Å². The van der Waals surface area contributed by atoms with E-state index in [1.165, 1.54) is 11.5 Å². The quantitative estimate of drug-likeness (QED) is 0.653. The zero-order valence-electron chi connectivity index (χ0n) is 5.84. The van der Waals surface area contributed by atoms with Gasteiger partial charge in [0.25, 0.3) is 5.91 Å². The van der Waals surface area contributed by atoms with E-state index in [9.17, 15) is 4.79 Å². The maximum absolute atomic E-state index is 11.0. The van der Waals surface area contributed by atoms with Gasteiger partial charge in [-0.1, -0.05) is 0 Å². The Hall–Kier alpha value is -0.900. The van der Waals surface area contributed by atoms with E-state index in [1.54, 1.807) is 12.4 Å². The third-order valence-corrected chi connectivity index (χ3v) is 1.94. The molecule has 0 atom stereocenters. The molecule has 0 aliphatic carbocycles. The summed E-state index contributed by atoms with van der Waals surface area (Å²) < 4.78 is 3.97. The van der Waals surface area contributed by atoms with E-state index in [2.05, 4.69) is 9.69 Å². The van der Waals surface area contributed by atoms with Crippen LogP contribution in [-0.4, -0.2) is 17.3 Å². The maximum Gasteiger partial charge on any atom is 0.253 e. The molecule has 0 aliphatic rings. The molecule has 1 aromatic heterocycles. The van der Waals surface area contributed by atoms with Gasteiger partial charge in [-0.2, -0.15) is 4.37 Å². The average molecular weight is 156 g/mol. The molecule has 4 heteroatoms. The second-order valence-electron chi connectivity index (χ2n) is 1.89. The first kappa shape index (κ1) is 7.21. The normalized spacial score (nSPS) is 9.40. The highest BCUT2D eigenvalue weighted by Crippen LogP contribution is 2.07. The smallest absolute Gasteiger partial charge is 0.253 e. The molecule has 0 spiro atoms. The lowest BCUT2D eigenvalue weighted by molar-refractivity contribution is 0.0963. The van der Waals surface area contributed by atoms with Crippen molar-refractivity contribution < 1.29 is 4.79 Å². The van der Waals surface area contributed by atoms with E-state index in [4.69, 9.17) is 0 Å². The molecule has 0 saturated carbocycles. The Balaban J connectivity index is 2.93. The molecule has 0 radical (unpaired) electrons. The number of hydrogen-bond acceptors (Lipinski definition) is 3. The van der Waals surface area contributed by atoms with Crippen molar-refractivity contribution in [2.45, 2.75) is 6.92 Å². The van der Waals surface area contributed by atoms with Crippen molar-refractivity contribution in [2.75, 3.05) is 7.05 Å². The summed E-state index contributed by atoms with van der Waals surface area (Å²) in [4.78, 5) is 11.0. The van der Waals surface area contributed by atoms with Crippen LogP contribution in [0.5, 0.6) is 0 Å². The molecule has 0 aliphatic heterocycles. The summed E-state index contributed by atoms with van der Waals surface area (Å²) in [7, 11) is 1.61. The molecule has 1 heterocycles. The highest BCUT2D eigenvalue weighted by Gasteiger charge is 2.07. The van der Waals surface area contributed by atoms with Gasteiger partial charge in [-0.05, 0) is 18.5 Å². The van der Waals surface area contributed by atoms with Gasteiger partial charge >= 0.3 is 0 Å². The van der Waals surface area contributed by atoms with Crippen LogP contribution in [0.1, 0.15) is 16.1 Å². The van der Waals surface area contributed by atoms with Crippen molar-refractivity contribution >= 4 is 17.4 Å². The molecule has 1 aromatic rings. The van der Waals surface area contributed by atoms with Gasteiger partial charge in [-0.25, -0.2) is 0 Å². The molecule has 1 rings (SSSR count). The number of aryl methyl sites for hydroxylation is 1. The van der Waals surface area contributed by atoms with Crippen molar-refractivity contribution in [3.8, 4) is 0 Å². The van der Waals surface area contributed by atoms with Crippen LogP contribution in [0.2, 0.25) is 0 Å². The number of aromatic nitrogens is 1. The molecule has 0 bridgehead atoms. The van der Waals surface area contributed by atoms with Crippen molar-refractivity contribution in [3.63, 3.8) is 0 Å². The summed E-state index contributed by atoms with van der Waals surface area (Å²) in [6.45, 7) is 1.82. The van der Waals surface area contributed by atoms with Gasteiger partial charge in [0.1, 0.15) is 0 Å². The molecular weight excluding hydrogens is 148 g/mol. The number of carbonyl (C=O) groups is 1. The van der Waals surface area contributed by atoms with Crippen LogP contribution in [0.15, 0.2) is 5.38 Å². The summed E-state index contributed by atoms with van der Waals surface area (Å²) in [5.74, 6) is -0.0637. The first-order valence-electron chi connectivity index (χ1n) is 2.88. The fourth-order valence-corrected chi connectivity index (χ4v) is 1.34. The standard InChI is InChI=1S/C6H8N2OS/c1-4-5(3-10-8-4)6(9)7-2/h3H,1-2H3,(H,7,9). The predicted molar refractivity (Wildman–Crippen MR) is 40.2 cm³/mol. The lowest BCUT2D eigenvalue weighted by Gasteiger charge is -1.93. The van der Waals surface area contributed by atoms with Gasteiger partial charge in [0.15, 0.2) is 0 Å². The van der Waals surface area contributed by atoms with E-state index >= 15 is 0 Å². The molecule has 3 nitrogen and oxygen atoms in total. The van der Waals surface area contributed by atoms with Crippen LogP contribution in [0.4, 0.5) is 0 Å². The van der Waals surface area contributed by atoms with E-state index < -0.39 is 0 Å². The van der Waals surface area contributed by atoms with Gasteiger partial charge in [-0.3, -0.25) is 4.79 Å². The second kappa shape index (κ2) is 2.79. The second-order valence-corrected chi connectivity index (χ2v) is 2.52. The number of nitrogens with zero attached hydrogens (tertiary/aromatic N) is 1. The van der Waals surface area contributed by atoms with E-state index in [0.29, 0.717) is 5.56 Å². The molecule has 10 heavy (non-hydrogen) atoms. The number of rotatable bonds is 1. The van der Waals surface area contributed by atoms with Crippen LogP contribution < -0.4 is 5.32 Å². The molecule has 1 amide bonds. The van der Waals surface area contributed by atoms with Crippen molar-refractivity contribution in [3.05, 3.63) is 16.6 Å². The Morgan fingerprint density at radius 3 is 2.90 bits per heavy atom. The van der Waals surface area contributed by atoms with Crippen molar-refractivity contribution in [1.29, 1.82) is 0 Å². The fraction of sp³-hybridized carbons (Fsp3) is 0.333. The van der Waals surface area contributed by atoms with Gasteiger partial charge in [-0.15, -0.1) is 0 Å². The lowest BCUT2D eigenvalue weighted by atomic mass is 10.2. The van der Waals surface area contributed by atoms with Gasteiger partial charge in [0.05, 0.1) is 11.3 Å². The van der Waals surface area contributed by atoms with Crippen LogP contribution in [0, 0.1) is 6.92 Å². The summed E-state index contributed by atoms with van der Waals surface area (Å²) in [6.07, 6.45) is 0. The van der Waals surface area contributed by atoms with Crippen LogP contribution in [-0.2, 0) is 0 Å². The Bertz CT molecular complexity index is 244. The van der Waals surface area contributed by atoms with Crippen LogP contribution in [0.3, 0.4) is 0 Å². The van der Waals surface area contributed by atoms with Gasteiger partial charge < -0.3 is 5.32 Å². The number of nitrogens with one attached hydrogen (secondary N) is 1. The minimum Gasteiger partial charge on any atom is -0.355 e. The molecule has 0 saturated heterocycles. The lowest BCUT2D eigenvalue weighted by Crippen LogP contribution is -2.17. The Kier molecular flexibility index (Phi) is 2.01. The predicted octanol–water partition coefficient (Wildman–Crippen LogP) is 0.811. The fourth-order valence-electron chi connectivity index (χ4n) is 0.645. The first-order valence-corrected chi connectivity index (χ1v) is 3.72. The Morgan fingerprint density at radius 2 is 2.50 bits per heavy atom. The minimum atomic E-state index is -0.0637. The van der Waals surface area contributed by atoms with Crippen molar-refractivity contribution in [2.24, 2.45) is 0 Å². The zero-order chi connectivity index (χ0) is 7.56. The number of amides is 1. The highest BCUT2D eigenvalue weighted by atomic mass is 32.1. The topological polar surface area (TPSA) is 42.0 Å². The van der Waals surface area contributed by atoms with E-state index in [0.717, 1.165) is 5.69 Å². The summed E-state index contributed by atoms with van der Waals surface area (Å²) in [6, 6.07) is 0. The maximum atomic E-state index is 11.0. The Labute approximate surface area is 63.2 Å². The van der Waals surface area contributed by atoms with Crippen molar-refractivity contribution in [1.82, 2.24) is 9.69 Å². The third-order valence-electron chi connectivity index (χ3n) is 1.22. The molecule has 54 valence electrons. The molecular formula is C6H8N2OS. The monoisotopic (exact) mass is 156 g/mol. The van der Waals surface area contributed by atoms with E-state index in [1.807, 2.05) is 6.92 Å². The van der Waals surface area contributed by atoms with E-state index in [-0.39, 0.29) is 5.91 Å². The summed E-state index contributed by atoms with van der Waals surface area (Å²) >= 11 is 1.30. The third kappa shape index (κ3) is 1.16. The largest absolute Gasteiger partial charge is 0.355 e. The number of carbonyl (C=O) groups excluding carboxylic acids is 1. The SMILES string of the molecule is CNC(=O)c1csnc1C. The van der Waals surface area contributed by atoms with Gasteiger partial charge in [0, 0.05) is 12.4 Å². The summed E-state index contributed by atoms with van der Waals surface area (Å²) in [5.41, 5.74) is 1.47. The van der Waals surface area contributed by atoms with Gasteiger partial charge in [0.2, 0.25) is 0 Å². The molecule has 0 unspecified atom stereocenters. The Morgan fingerprint density at radius 1 is 1.80 bits per heavy atom. The minimum absolute atomic E-state index is 0.0637. The average Bonchev–Trinajstić information content (AvgIpc) is 2.34. The first-order chi connectivity index (χ1) is 4.75. The number of hydrogen-bond donors (Lipinski definition) is 1.